The molecule has 5 heteroatoms. The maximum absolute atomic E-state index is 6.36. The Hall–Kier alpha value is -0.580. The van der Waals surface area contributed by atoms with E-state index in [1.807, 2.05) is 18.7 Å². The van der Waals surface area contributed by atoms with Gasteiger partial charge < -0.3 is 5.32 Å². The van der Waals surface area contributed by atoms with Crippen molar-refractivity contribution in [1.29, 1.82) is 0 Å². The molecule has 0 bridgehead atoms. The van der Waals surface area contributed by atoms with Gasteiger partial charge in [0.1, 0.15) is 0 Å². The van der Waals surface area contributed by atoms with Crippen LogP contribution in [-0.2, 0) is 13.6 Å². The first-order valence-corrected chi connectivity index (χ1v) is 7.63. The normalized spacial score (nSPS) is 23.3. The van der Waals surface area contributed by atoms with Crippen molar-refractivity contribution < 1.29 is 0 Å². The van der Waals surface area contributed by atoms with Crippen LogP contribution in [0.15, 0.2) is 0 Å². The fraction of sp³-hybridized carbons (Fsp3) is 0.786. The molecular weight excluding hydrogens is 260 g/mol. The molecule has 2 aliphatic rings. The second-order valence-electron chi connectivity index (χ2n) is 6.09. The maximum Gasteiger partial charge on any atom is 0.0860 e. The Balaban J connectivity index is 1.72. The number of hydrogen-bond acceptors (Lipinski definition) is 3. The summed E-state index contributed by atoms with van der Waals surface area (Å²) in [5.41, 5.74) is 2.46. The molecule has 0 unspecified atom stereocenters. The monoisotopic (exact) mass is 282 g/mol. The molecule has 0 atom stereocenters. The van der Waals surface area contributed by atoms with E-state index in [-0.39, 0.29) is 0 Å². The molecule has 0 amide bonds. The van der Waals surface area contributed by atoms with Crippen LogP contribution >= 0.6 is 11.6 Å². The number of piperazine rings is 1. The first-order valence-electron chi connectivity index (χ1n) is 7.25. The predicted octanol–water partition coefficient (Wildman–Crippen LogP) is 2.10. The SMILES string of the molecule is Cc1nn(C)c(CN2CCNC3(CCCC3)C2)c1Cl. The van der Waals surface area contributed by atoms with E-state index in [0.717, 1.165) is 42.6 Å². The quantitative estimate of drug-likeness (QED) is 0.902. The van der Waals surface area contributed by atoms with Gasteiger partial charge in [-0.2, -0.15) is 5.10 Å². The third kappa shape index (κ3) is 2.54. The molecule has 1 aromatic heterocycles. The first-order chi connectivity index (χ1) is 9.10. The smallest absolute Gasteiger partial charge is 0.0860 e. The van der Waals surface area contributed by atoms with Gasteiger partial charge in [0.05, 0.1) is 16.4 Å². The molecule has 19 heavy (non-hydrogen) atoms. The van der Waals surface area contributed by atoms with Crippen molar-refractivity contribution in [2.45, 2.75) is 44.7 Å². The zero-order valence-corrected chi connectivity index (χ0v) is 12.6. The molecule has 1 saturated carbocycles. The fourth-order valence-corrected chi connectivity index (χ4v) is 3.85. The third-order valence-electron chi connectivity index (χ3n) is 4.65. The van der Waals surface area contributed by atoms with Crippen LogP contribution in [0.2, 0.25) is 5.02 Å². The lowest BCUT2D eigenvalue weighted by molar-refractivity contribution is 0.126. The Kier molecular flexibility index (Phi) is 3.58. The predicted molar refractivity (Wildman–Crippen MR) is 77.4 cm³/mol. The summed E-state index contributed by atoms with van der Waals surface area (Å²) in [5, 5.41) is 8.99. The molecule has 1 saturated heterocycles. The molecule has 0 aromatic carbocycles. The molecule has 1 aliphatic carbocycles. The summed E-state index contributed by atoms with van der Waals surface area (Å²) in [5.74, 6) is 0. The summed E-state index contributed by atoms with van der Waals surface area (Å²) in [4.78, 5) is 2.53. The molecule has 1 spiro atoms. The Morgan fingerprint density at radius 2 is 2.11 bits per heavy atom. The summed E-state index contributed by atoms with van der Waals surface area (Å²) < 4.78 is 1.93. The van der Waals surface area contributed by atoms with Crippen molar-refractivity contribution in [3.63, 3.8) is 0 Å². The van der Waals surface area contributed by atoms with Gasteiger partial charge in [-0.15, -0.1) is 0 Å². The largest absolute Gasteiger partial charge is 0.309 e. The van der Waals surface area contributed by atoms with Gasteiger partial charge in [-0.1, -0.05) is 24.4 Å². The Morgan fingerprint density at radius 1 is 1.37 bits per heavy atom. The maximum atomic E-state index is 6.36. The van der Waals surface area contributed by atoms with Crippen LogP contribution < -0.4 is 5.32 Å². The van der Waals surface area contributed by atoms with Gasteiger partial charge in [0.15, 0.2) is 0 Å². The minimum Gasteiger partial charge on any atom is -0.309 e. The minimum atomic E-state index is 0.373. The third-order valence-corrected chi connectivity index (χ3v) is 5.14. The highest BCUT2D eigenvalue weighted by Gasteiger charge is 2.37. The lowest BCUT2D eigenvalue weighted by Crippen LogP contribution is -2.58. The van der Waals surface area contributed by atoms with Gasteiger partial charge in [0.2, 0.25) is 0 Å². The Labute approximate surface area is 120 Å². The second kappa shape index (κ2) is 5.08. The molecule has 0 radical (unpaired) electrons. The number of aromatic nitrogens is 2. The van der Waals surface area contributed by atoms with Crippen molar-refractivity contribution in [3.05, 3.63) is 16.4 Å². The van der Waals surface area contributed by atoms with Crippen LogP contribution in [0.3, 0.4) is 0 Å². The summed E-state index contributed by atoms with van der Waals surface area (Å²) in [6, 6.07) is 0. The number of rotatable bonds is 2. The average Bonchev–Trinajstić information content (AvgIpc) is 2.91. The molecule has 1 N–H and O–H groups in total. The van der Waals surface area contributed by atoms with Crippen LogP contribution in [0.4, 0.5) is 0 Å². The Bertz CT molecular complexity index is 462. The van der Waals surface area contributed by atoms with E-state index in [2.05, 4.69) is 15.3 Å². The number of nitrogens with zero attached hydrogens (tertiary/aromatic N) is 3. The van der Waals surface area contributed by atoms with Crippen molar-refractivity contribution in [2.75, 3.05) is 19.6 Å². The molecule has 106 valence electrons. The van der Waals surface area contributed by atoms with Gasteiger partial charge in [-0.3, -0.25) is 9.58 Å². The molecule has 1 aliphatic heterocycles. The molecule has 2 heterocycles. The van der Waals surface area contributed by atoms with E-state index >= 15 is 0 Å². The number of hydrogen-bond donors (Lipinski definition) is 1. The summed E-state index contributed by atoms with van der Waals surface area (Å²) in [7, 11) is 1.99. The molecule has 4 nitrogen and oxygen atoms in total. The lowest BCUT2D eigenvalue weighted by atomic mass is 9.94. The summed E-state index contributed by atoms with van der Waals surface area (Å²) in [6.07, 6.45) is 5.38. The van der Waals surface area contributed by atoms with Crippen LogP contribution in [0.5, 0.6) is 0 Å². The minimum absolute atomic E-state index is 0.373. The van der Waals surface area contributed by atoms with Gasteiger partial charge in [0, 0.05) is 38.8 Å². The molecule has 2 fully saturated rings. The summed E-state index contributed by atoms with van der Waals surface area (Å²) >= 11 is 6.36. The van der Waals surface area contributed by atoms with Crippen LogP contribution in [0.25, 0.3) is 0 Å². The zero-order chi connectivity index (χ0) is 13.5. The first kappa shape index (κ1) is 13.4. The number of halogens is 1. The molecule has 1 aromatic rings. The summed E-state index contributed by atoms with van der Waals surface area (Å²) in [6.45, 7) is 6.23. The van der Waals surface area contributed by atoms with Gasteiger partial charge in [-0.05, 0) is 19.8 Å². The van der Waals surface area contributed by atoms with Gasteiger partial charge in [0.25, 0.3) is 0 Å². The number of aryl methyl sites for hydroxylation is 2. The second-order valence-corrected chi connectivity index (χ2v) is 6.47. The van der Waals surface area contributed by atoms with Crippen LogP contribution in [0, 0.1) is 6.92 Å². The van der Waals surface area contributed by atoms with E-state index < -0.39 is 0 Å². The van der Waals surface area contributed by atoms with Crippen molar-refractivity contribution >= 4 is 11.6 Å². The Morgan fingerprint density at radius 3 is 2.74 bits per heavy atom. The standard InChI is InChI=1S/C14H23ClN4/c1-11-13(15)12(18(2)17-11)9-19-8-7-16-14(10-19)5-3-4-6-14/h16H,3-10H2,1-2H3. The van der Waals surface area contributed by atoms with E-state index in [1.165, 1.54) is 25.7 Å². The van der Waals surface area contributed by atoms with E-state index in [0.29, 0.717) is 5.54 Å². The molecular formula is C14H23ClN4. The van der Waals surface area contributed by atoms with Crippen molar-refractivity contribution in [1.82, 2.24) is 20.0 Å². The lowest BCUT2D eigenvalue weighted by Gasteiger charge is -2.41. The highest BCUT2D eigenvalue weighted by Crippen LogP contribution is 2.32. The van der Waals surface area contributed by atoms with Crippen molar-refractivity contribution in [2.24, 2.45) is 7.05 Å². The van der Waals surface area contributed by atoms with Gasteiger partial charge >= 0.3 is 0 Å². The molecule has 3 rings (SSSR count). The topological polar surface area (TPSA) is 33.1 Å². The average molecular weight is 283 g/mol. The van der Waals surface area contributed by atoms with E-state index in [9.17, 15) is 0 Å². The van der Waals surface area contributed by atoms with Gasteiger partial charge in [-0.25, -0.2) is 0 Å². The van der Waals surface area contributed by atoms with Crippen LogP contribution in [0.1, 0.15) is 37.1 Å². The van der Waals surface area contributed by atoms with E-state index in [4.69, 9.17) is 11.6 Å². The zero-order valence-electron chi connectivity index (χ0n) is 11.9. The highest BCUT2D eigenvalue weighted by atomic mass is 35.5. The van der Waals surface area contributed by atoms with E-state index in [1.54, 1.807) is 0 Å². The fourth-order valence-electron chi connectivity index (χ4n) is 3.63. The number of nitrogens with one attached hydrogen (secondary N) is 1. The van der Waals surface area contributed by atoms with Crippen molar-refractivity contribution in [3.8, 4) is 0 Å². The highest BCUT2D eigenvalue weighted by molar-refractivity contribution is 6.31. The van der Waals surface area contributed by atoms with Crippen LogP contribution in [-0.4, -0.2) is 39.9 Å².